The van der Waals surface area contributed by atoms with Crippen molar-refractivity contribution in [1.29, 1.82) is 0 Å². The number of halogens is 1. The van der Waals surface area contributed by atoms with Crippen molar-refractivity contribution >= 4 is 27.7 Å². The Kier molecular flexibility index (Phi) is 5.07. The maximum absolute atomic E-state index is 4.52. The lowest BCUT2D eigenvalue weighted by molar-refractivity contribution is 0.260. The molecule has 18 heavy (non-hydrogen) atoms. The first-order valence-corrected chi connectivity index (χ1v) is 8.75. The minimum absolute atomic E-state index is 0.462. The average molecular weight is 329 g/mol. The van der Waals surface area contributed by atoms with Gasteiger partial charge in [-0.3, -0.25) is 0 Å². The van der Waals surface area contributed by atoms with Crippen LogP contribution in [0.5, 0.6) is 0 Å². The first-order chi connectivity index (χ1) is 8.63. The van der Waals surface area contributed by atoms with Crippen LogP contribution in [-0.4, -0.2) is 21.1 Å². The lowest BCUT2D eigenvalue weighted by atomic mass is 9.77. The lowest BCUT2D eigenvalue weighted by Gasteiger charge is -2.35. The molecule has 0 saturated heterocycles. The minimum Gasteiger partial charge on any atom is -0.228 e. The largest absolute Gasteiger partial charge is 0.228 e. The summed E-state index contributed by atoms with van der Waals surface area (Å²) in [7, 11) is 0. The highest BCUT2D eigenvalue weighted by molar-refractivity contribution is 9.09. The molecule has 2 rings (SSSR count). The molecule has 4 heteroatoms. The van der Waals surface area contributed by atoms with E-state index in [1.54, 1.807) is 0 Å². The maximum Gasteiger partial charge on any atom is 0.187 e. The van der Waals surface area contributed by atoms with Crippen LogP contribution >= 0.6 is 27.7 Å². The highest BCUT2D eigenvalue weighted by atomic mass is 79.9. The summed E-state index contributed by atoms with van der Waals surface area (Å²) in [6.45, 7) is 4.08. The quantitative estimate of drug-likeness (QED) is 0.461. The molecule has 1 aromatic rings. The zero-order valence-electron chi connectivity index (χ0n) is 11.2. The average Bonchev–Trinajstić information content (AvgIpc) is 2.36. The van der Waals surface area contributed by atoms with Gasteiger partial charge in [0.05, 0.1) is 0 Å². The smallest absolute Gasteiger partial charge is 0.187 e. The van der Waals surface area contributed by atoms with E-state index >= 15 is 0 Å². The molecule has 0 aromatic carbocycles. The second-order valence-corrected chi connectivity index (χ2v) is 6.92. The molecule has 1 heterocycles. The molecule has 0 spiro atoms. The van der Waals surface area contributed by atoms with Crippen LogP contribution in [0.1, 0.15) is 43.5 Å². The Morgan fingerprint density at radius 2 is 1.78 bits per heavy atom. The summed E-state index contributed by atoms with van der Waals surface area (Å²) in [4.78, 5) is 9.04. The van der Waals surface area contributed by atoms with Crippen LogP contribution in [0, 0.1) is 19.3 Å². The SMILES string of the molecule is Cc1cc(C)nc(SCC2(CBr)CCCCC2)n1. The number of aromatic nitrogens is 2. The Hall–Kier alpha value is -0.0900. The van der Waals surface area contributed by atoms with E-state index in [0.717, 1.165) is 27.6 Å². The molecular weight excluding hydrogens is 308 g/mol. The topological polar surface area (TPSA) is 25.8 Å². The number of hydrogen-bond acceptors (Lipinski definition) is 3. The van der Waals surface area contributed by atoms with E-state index in [-0.39, 0.29) is 0 Å². The first kappa shape index (κ1) is 14.3. The molecular formula is C14H21BrN2S. The molecule has 0 amide bonds. The van der Waals surface area contributed by atoms with Gasteiger partial charge in [0.2, 0.25) is 0 Å². The van der Waals surface area contributed by atoms with Crippen LogP contribution in [0.25, 0.3) is 0 Å². The Balaban J connectivity index is 2.00. The van der Waals surface area contributed by atoms with Gasteiger partial charge in [-0.15, -0.1) is 0 Å². The zero-order chi connectivity index (χ0) is 13.0. The monoisotopic (exact) mass is 328 g/mol. The van der Waals surface area contributed by atoms with Crippen LogP contribution in [0.2, 0.25) is 0 Å². The van der Waals surface area contributed by atoms with Gasteiger partial charge in [0.15, 0.2) is 5.16 Å². The van der Waals surface area contributed by atoms with Crippen LogP contribution in [-0.2, 0) is 0 Å². The molecule has 0 N–H and O–H groups in total. The van der Waals surface area contributed by atoms with E-state index in [2.05, 4.69) is 25.9 Å². The van der Waals surface area contributed by atoms with E-state index in [9.17, 15) is 0 Å². The summed E-state index contributed by atoms with van der Waals surface area (Å²) in [5, 5.41) is 2.05. The summed E-state index contributed by atoms with van der Waals surface area (Å²) in [5.41, 5.74) is 2.60. The van der Waals surface area contributed by atoms with E-state index in [4.69, 9.17) is 0 Å². The van der Waals surface area contributed by atoms with Gasteiger partial charge in [-0.1, -0.05) is 47.0 Å². The van der Waals surface area contributed by atoms with Gasteiger partial charge < -0.3 is 0 Å². The maximum atomic E-state index is 4.52. The number of thioether (sulfide) groups is 1. The van der Waals surface area contributed by atoms with Crippen molar-refractivity contribution in [2.75, 3.05) is 11.1 Å². The molecule has 2 nitrogen and oxygen atoms in total. The van der Waals surface area contributed by atoms with E-state index in [1.165, 1.54) is 32.1 Å². The van der Waals surface area contributed by atoms with Crippen molar-refractivity contribution < 1.29 is 0 Å². The molecule has 0 unspecified atom stereocenters. The molecule has 0 atom stereocenters. The van der Waals surface area contributed by atoms with Gasteiger partial charge in [-0.25, -0.2) is 9.97 Å². The Morgan fingerprint density at radius 3 is 2.33 bits per heavy atom. The molecule has 0 radical (unpaired) electrons. The first-order valence-electron chi connectivity index (χ1n) is 6.65. The van der Waals surface area contributed by atoms with Gasteiger partial charge in [0, 0.05) is 22.5 Å². The molecule has 0 bridgehead atoms. The molecule has 1 aliphatic rings. The van der Waals surface area contributed by atoms with Gasteiger partial charge in [-0.2, -0.15) is 0 Å². The van der Waals surface area contributed by atoms with Crippen LogP contribution in [0.4, 0.5) is 0 Å². The minimum atomic E-state index is 0.462. The van der Waals surface area contributed by atoms with Crippen LogP contribution < -0.4 is 0 Å². The number of hydrogen-bond donors (Lipinski definition) is 0. The second kappa shape index (κ2) is 6.38. The Morgan fingerprint density at radius 1 is 1.17 bits per heavy atom. The van der Waals surface area contributed by atoms with Gasteiger partial charge >= 0.3 is 0 Å². The van der Waals surface area contributed by atoms with Crippen LogP contribution in [0.15, 0.2) is 11.2 Å². The Labute approximate surface area is 123 Å². The van der Waals surface area contributed by atoms with Gasteiger partial charge in [-0.05, 0) is 38.2 Å². The van der Waals surface area contributed by atoms with Crippen molar-refractivity contribution in [3.63, 3.8) is 0 Å². The highest BCUT2D eigenvalue weighted by Crippen LogP contribution is 2.41. The van der Waals surface area contributed by atoms with Crippen molar-refractivity contribution in [2.24, 2.45) is 5.41 Å². The van der Waals surface area contributed by atoms with Crippen LogP contribution in [0.3, 0.4) is 0 Å². The zero-order valence-corrected chi connectivity index (χ0v) is 13.6. The van der Waals surface area contributed by atoms with E-state index < -0.39 is 0 Å². The lowest BCUT2D eigenvalue weighted by Crippen LogP contribution is -2.28. The molecule has 0 aliphatic heterocycles. The summed E-state index contributed by atoms with van der Waals surface area (Å²) in [6, 6.07) is 2.03. The fourth-order valence-electron chi connectivity index (χ4n) is 2.59. The third-order valence-corrected chi connectivity index (χ3v) is 6.05. The summed E-state index contributed by atoms with van der Waals surface area (Å²) in [6.07, 6.45) is 6.84. The van der Waals surface area contributed by atoms with Gasteiger partial charge in [0.25, 0.3) is 0 Å². The highest BCUT2D eigenvalue weighted by Gasteiger charge is 2.31. The number of aryl methyl sites for hydroxylation is 2. The van der Waals surface area contributed by atoms with Gasteiger partial charge in [0.1, 0.15) is 0 Å². The van der Waals surface area contributed by atoms with Crippen molar-refractivity contribution in [3.05, 3.63) is 17.5 Å². The summed E-state index contributed by atoms with van der Waals surface area (Å²) in [5.74, 6) is 1.14. The number of nitrogens with zero attached hydrogens (tertiary/aromatic N) is 2. The standard InChI is InChI=1S/C14H21BrN2S/c1-11-8-12(2)17-13(16-11)18-10-14(9-15)6-4-3-5-7-14/h8H,3-7,9-10H2,1-2H3. The normalized spacial score (nSPS) is 18.8. The summed E-state index contributed by atoms with van der Waals surface area (Å²) >= 11 is 5.54. The molecule has 1 aromatic heterocycles. The molecule has 100 valence electrons. The molecule has 1 saturated carbocycles. The second-order valence-electron chi connectivity index (χ2n) is 5.42. The molecule has 1 aliphatic carbocycles. The van der Waals surface area contributed by atoms with E-state index in [1.807, 2.05) is 31.7 Å². The third kappa shape index (κ3) is 3.70. The molecule has 1 fully saturated rings. The predicted octanol–water partition coefficient (Wildman–Crippen LogP) is 4.53. The fourth-order valence-corrected chi connectivity index (χ4v) is 4.86. The fraction of sp³-hybridized carbons (Fsp3) is 0.714. The van der Waals surface area contributed by atoms with Crippen molar-refractivity contribution in [2.45, 2.75) is 51.1 Å². The number of alkyl halides is 1. The van der Waals surface area contributed by atoms with Crippen molar-refractivity contribution in [3.8, 4) is 0 Å². The van der Waals surface area contributed by atoms with Crippen molar-refractivity contribution in [1.82, 2.24) is 9.97 Å². The summed E-state index contributed by atoms with van der Waals surface area (Å²) < 4.78 is 0. The number of rotatable bonds is 4. The van der Waals surface area contributed by atoms with E-state index in [0.29, 0.717) is 5.41 Å². The predicted molar refractivity (Wildman–Crippen MR) is 81.5 cm³/mol. The Bertz CT molecular complexity index is 383. The third-order valence-electron chi connectivity index (χ3n) is 3.67.